The molecule has 1 saturated carbocycles. The molecule has 0 bridgehead atoms. The standard InChI is InChI=1S/C27H34O8/c1-16-18(25(4)10-8-20(28)35-24(2,3)19(25)13-21(29)32-6)7-11-26(5)23(17-9-12-33-15-17)34-22(30)14-27(16,26)31/h8-10,12,15,18-19,23,31H,1,7,11,13-14H2,2-6H3/t18-,19+,23-,25-,26-,27-/m1/s1. The number of methoxy groups -OCH3 is 1. The Morgan fingerprint density at radius 3 is 2.60 bits per heavy atom. The largest absolute Gasteiger partial charge is 0.472 e. The lowest BCUT2D eigenvalue weighted by Gasteiger charge is -2.60. The minimum absolute atomic E-state index is 0.0107. The van der Waals surface area contributed by atoms with Gasteiger partial charge in [-0.2, -0.15) is 0 Å². The zero-order valence-corrected chi connectivity index (χ0v) is 21.0. The van der Waals surface area contributed by atoms with Gasteiger partial charge >= 0.3 is 17.9 Å². The molecule has 0 unspecified atom stereocenters. The van der Waals surface area contributed by atoms with Crippen LogP contribution in [0.4, 0.5) is 0 Å². The molecule has 3 aliphatic rings. The first kappa shape index (κ1) is 25.2. The molecule has 1 aliphatic carbocycles. The van der Waals surface area contributed by atoms with Crippen LogP contribution in [-0.2, 0) is 28.6 Å². The van der Waals surface area contributed by atoms with E-state index in [1.807, 2.05) is 13.8 Å². The Bertz CT molecular complexity index is 1070. The maximum Gasteiger partial charge on any atom is 0.330 e. The molecule has 0 amide bonds. The van der Waals surface area contributed by atoms with Gasteiger partial charge in [-0.25, -0.2) is 4.79 Å². The first-order chi connectivity index (χ1) is 16.3. The van der Waals surface area contributed by atoms with Crippen LogP contribution in [0.15, 0.2) is 47.3 Å². The van der Waals surface area contributed by atoms with E-state index in [-0.39, 0.29) is 18.8 Å². The summed E-state index contributed by atoms with van der Waals surface area (Å²) in [5.41, 5.74) is -3.05. The summed E-state index contributed by atoms with van der Waals surface area (Å²) < 4.78 is 21.6. The number of cyclic esters (lactones) is 2. The molecule has 2 fully saturated rings. The Labute approximate surface area is 205 Å². The van der Waals surface area contributed by atoms with Crippen LogP contribution in [-0.4, -0.2) is 41.3 Å². The van der Waals surface area contributed by atoms with Crippen molar-refractivity contribution in [1.82, 2.24) is 0 Å². The minimum atomic E-state index is -1.57. The van der Waals surface area contributed by atoms with Gasteiger partial charge in [-0.3, -0.25) is 9.59 Å². The van der Waals surface area contributed by atoms with E-state index in [1.54, 1.807) is 26.0 Å². The third kappa shape index (κ3) is 3.82. The summed E-state index contributed by atoms with van der Waals surface area (Å²) in [5.74, 6) is -2.27. The van der Waals surface area contributed by atoms with E-state index in [0.29, 0.717) is 24.0 Å². The average molecular weight is 487 g/mol. The molecular weight excluding hydrogens is 452 g/mol. The molecule has 0 spiro atoms. The number of hydrogen-bond donors (Lipinski definition) is 1. The Kier molecular flexibility index (Phi) is 6.03. The van der Waals surface area contributed by atoms with Gasteiger partial charge < -0.3 is 23.7 Å². The van der Waals surface area contributed by atoms with Gasteiger partial charge in [-0.05, 0) is 49.7 Å². The van der Waals surface area contributed by atoms with Crippen LogP contribution in [0.3, 0.4) is 0 Å². The first-order valence-corrected chi connectivity index (χ1v) is 11.9. The van der Waals surface area contributed by atoms with Crippen LogP contribution in [0.5, 0.6) is 0 Å². The van der Waals surface area contributed by atoms with E-state index in [9.17, 15) is 19.5 Å². The summed E-state index contributed by atoms with van der Waals surface area (Å²) in [6.07, 6.45) is 6.37. The van der Waals surface area contributed by atoms with Crippen LogP contribution < -0.4 is 0 Å². The number of carbonyl (C=O) groups excluding carboxylic acids is 3. The summed E-state index contributed by atoms with van der Waals surface area (Å²) in [6, 6.07) is 1.73. The van der Waals surface area contributed by atoms with Crippen LogP contribution in [0.1, 0.15) is 65.0 Å². The molecule has 4 rings (SSSR count). The predicted molar refractivity (Wildman–Crippen MR) is 125 cm³/mol. The Hall–Kier alpha value is -2.87. The average Bonchev–Trinajstić information content (AvgIpc) is 3.29. The van der Waals surface area contributed by atoms with Crippen LogP contribution >= 0.6 is 0 Å². The van der Waals surface area contributed by atoms with Gasteiger partial charge in [0.05, 0.1) is 32.5 Å². The highest BCUT2D eigenvalue weighted by Crippen LogP contribution is 2.64. The lowest BCUT2D eigenvalue weighted by atomic mass is 9.48. The van der Waals surface area contributed by atoms with Gasteiger partial charge in [0.15, 0.2) is 0 Å². The van der Waals surface area contributed by atoms with Crippen molar-refractivity contribution in [1.29, 1.82) is 0 Å². The van der Waals surface area contributed by atoms with Crippen molar-refractivity contribution in [3.63, 3.8) is 0 Å². The Morgan fingerprint density at radius 2 is 1.97 bits per heavy atom. The fraction of sp³-hybridized carbons (Fsp3) is 0.593. The number of ether oxygens (including phenoxy) is 3. The van der Waals surface area contributed by atoms with Crippen molar-refractivity contribution in [2.45, 2.75) is 70.7 Å². The number of aliphatic hydroxyl groups is 1. The fourth-order valence-electron chi connectivity index (χ4n) is 6.75. The zero-order valence-electron chi connectivity index (χ0n) is 21.0. The fourth-order valence-corrected chi connectivity index (χ4v) is 6.75. The van der Waals surface area contributed by atoms with E-state index in [4.69, 9.17) is 18.6 Å². The van der Waals surface area contributed by atoms with Gasteiger partial charge in [0.25, 0.3) is 0 Å². The number of carbonyl (C=O) groups is 3. The smallest absolute Gasteiger partial charge is 0.330 e. The van der Waals surface area contributed by atoms with Crippen LogP contribution in [0.25, 0.3) is 0 Å². The van der Waals surface area contributed by atoms with Crippen molar-refractivity contribution in [2.75, 3.05) is 7.11 Å². The topological polar surface area (TPSA) is 112 Å². The summed E-state index contributed by atoms with van der Waals surface area (Å²) in [6.45, 7) is 11.8. The molecule has 35 heavy (non-hydrogen) atoms. The maximum atomic E-state index is 12.7. The molecule has 0 radical (unpaired) electrons. The van der Waals surface area contributed by atoms with Crippen LogP contribution in [0.2, 0.25) is 0 Å². The Morgan fingerprint density at radius 1 is 1.26 bits per heavy atom. The molecule has 1 N–H and O–H groups in total. The lowest BCUT2D eigenvalue weighted by Crippen LogP contribution is -2.62. The number of furan rings is 1. The van der Waals surface area contributed by atoms with Gasteiger partial charge in [0, 0.05) is 23.0 Å². The SMILES string of the molecule is C=C1[C@H]([C@@]2(C)C=CC(=O)OC(C)(C)[C@@H]2CC(=O)OC)CC[C@]2(C)[C@@H](c3ccoc3)OC(=O)C[C@@]12O. The normalized spacial score (nSPS) is 38.7. The molecule has 1 saturated heterocycles. The van der Waals surface area contributed by atoms with E-state index < -0.39 is 52.0 Å². The second-order valence-electron chi connectivity index (χ2n) is 11.1. The van der Waals surface area contributed by atoms with Crippen molar-refractivity contribution in [3.8, 4) is 0 Å². The van der Waals surface area contributed by atoms with Gasteiger partial charge in [-0.1, -0.05) is 26.5 Å². The molecule has 0 aromatic carbocycles. The molecular formula is C27H34O8. The van der Waals surface area contributed by atoms with Gasteiger partial charge in [-0.15, -0.1) is 0 Å². The molecule has 190 valence electrons. The van der Waals surface area contributed by atoms with E-state index in [2.05, 4.69) is 6.58 Å². The molecule has 1 aromatic rings. The van der Waals surface area contributed by atoms with Crippen molar-refractivity contribution in [3.05, 3.63) is 48.5 Å². The summed E-state index contributed by atoms with van der Waals surface area (Å²) in [7, 11) is 1.32. The van der Waals surface area contributed by atoms with Crippen molar-refractivity contribution >= 4 is 17.9 Å². The lowest BCUT2D eigenvalue weighted by molar-refractivity contribution is -0.216. The van der Waals surface area contributed by atoms with E-state index in [0.717, 1.165) is 0 Å². The number of rotatable bonds is 4. The monoisotopic (exact) mass is 486 g/mol. The third-order valence-corrected chi connectivity index (χ3v) is 8.80. The summed E-state index contributed by atoms with van der Waals surface area (Å²) in [5, 5.41) is 12.2. The summed E-state index contributed by atoms with van der Waals surface area (Å²) >= 11 is 0. The minimum Gasteiger partial charge on any atom is -0.472 e. The predicted octanol–water partition coefficient (Wildman–Crippen LogP) is 4.05. The van der Waals surface area contributed by atoms with Gasteiger partial charge in [0.1, 0.15) is 17.3 Å². The second-order valence-corrected chi connectivity index (χ2v) is 11.1. The van der Waals surface area contributed by atoms with E-state index >= 15 is 0 Å². The second kappa shape index (κ2) is 8.36. The highest BCUT2D eigenvalue weighted by molar-refractivity contribution is 5.83. The van der Waals surface area contributed by atoms with Crippen molar-refractivity contribution < 1.29 is 38.1 Å². The Balaban J connectivity index is 1.80. The van der Waals surface area contributed by atoms with Crippen molar-refractivity contribution in [2.24, 2.45) is 22.7 Å². The maximum absolute atomic E-state index is 12.7. The van der Waals surface area contributed by atoms with Crippen LogP contribution in [0, 0.1) is 22.7 Å². The molecule has 2 aliphatic heterocycles. The molecule has 1 aromatic heterocycles. The first-order valence-electron chi connectivity index (χ1n) is 11.9. The zero-order chi connectivity index (χ0) is 25.8. The number of fused-ring (bicyclic) bond motifs is 1. The highest BCUT2D eigenvalue weighted by Gasteiger charge is 2.65. The quantitative estimate of drug-likeness (QED) is 0.385. The van der Waals surface area contributed by atoms with Gasteiger partial charge in [0.2, 0.25) is 0 Å². The molecule has 6 atom stereocenters. The van der Waals surface area contributed by atoms with E-state index in [1.165, 1.54) is 25.7 Å². The molecule has 3 heterocycles. The summed E-state index contributed by atoms with van der Waals surface area (Å²) in [4.78, 5) is 37.6. The molecule has 8 heteroatoms. The number of esters is 3. The molecule has 8 nitrogen and oxygen atoms in total. The third-order valence-electron chi connectivity index (χ3n) is 8.80. The number of allylic oxidation sites excluding steroid dienone is 1. The number of hydrogen-bond acceptors (Lipinski definition) is 8. The highest BCUT2D eigenvalue weighted by atomic mass is 16.6.